The molecule has 0 spiro atoms. The first kappa shape index (κ1) is 10.9. The summed E-state index contributed by atoms with van der Waals surface area (Å²) in [7, 11) is 1.77. The molecule has 2 unspecified atom stereocenters. The Balaban J connectivity index is 2.09. The lowest BCUT2D eigenvalue weighted by Gasteiger charge is -2.41. The Morgan fingerprint density at radius 1 is 1.33 bits per heavy atom. The second-order valence-electron chi connectivity index (χ2n) is 4.79. The van der Waals surface area contributed by atoms with E-state index in [9.17, 15) is 5.26 Å². The molecule has 1 aliphatic heterocycles. The zero-order valence-corrected chi connectivity index (χ0v) is 9.54. The smallest absolute Gasteiger partial charge is 0.111 e. The molecule has 1 aliphatic carbocycles. The van der Waals surface area contributed by atoms with Gasteiger partial charge in [-0.2, -0.15) is 5.26 Å². The molecule has 0 aromatic heterocycles. The summed E-state index contributed by atoms with van der Waals surface area (Å²) in [6, 6.07) is 2.57. The number of nitriles is 1. The summed E-state index contributed by atoms with van der Waals surface area (Å²) in [6.45, 7) is 2.20. The molecule has 3 heteroatoms. The van der Waals surface area contributed by atoms with Crippen LogP contribution in [-0.2, 0) is 4.74 Å². The lowest BCUT2D eigenvalue weighted by atomic mass is 9.80. The summed E-state index contributed by atoms with van der Waals surface area (Å²) in [6.07, 6.45) is 6.97. The molecule has 1 saturated carbocycles. The quantitative estimate of drug-likeness (QED) is 0.695. The third-order valence-corrected chi connectivity index (χ3v) is 3.93. The molecule has 15 heavy (non-hydrogen) atoms. The summed E-state index contributed by atoms with van der Waals surface area (Å²) in [5, 5.41) is 9.47. The average molecular weight is 208 g/mol. The van der Waals surface area contributed by atoms with Crippen molar-refractivity contribution in [3.8, 4) is 6.07 Å². The predicted molar refractivity (Wildman–Crippen MR) is 58.4 cm³/mol. The highest BCUT2D eigenvalue weighted by Crippen LogP contribution is 2.36. The van der Waals surface area contributed by atoms with Crippen LogP contribution in [0.1, 0.15) is 38.5 Å². The van der Waals surface area contributed by atoms with Crippen molar-refractivity contribution >= 4 is 0 Å². The van der Waals surface area contributed by atoms with Gasteiger partial charge in [0.25, 0.3) is 0 Å². The van der Waals surface area contributed by atoms with Gasteiger partial charge in [0.05, 0.1) is 12.2 Å². The van der Waals surface area contributed by atoms with Gasteiger partial charge in [0, 0.05) is 13.5 Å². The van der Waals surface area contributed by atoms with Gasteiger partial charge in [-0.05, 0) is 45.2 Å². The van der Waals surface area contributed by atoms with E-state index in [-0.39, 0.29) is 5.54 Å². The van der Waals surface area contributed by atoms with E-state index in [0.717, 1.165) is 38.8 Å². The maximum atomic E-state index is 9.47. The first-order valence-corrected chi connectivity index (χ1v) is 6.00. The highest BCUT2D eigenvalue weighted by molar-refractivity contribution is 5.12. The minimum atomic E-state index is -0.213. The average Bonchev–Trinajstić information content (AvgIpc) is 2.83. The number of hydrogen-bond donors (Lipinski definition) is 0. The Kier molecular flexibility index (Phi) is 3.28. The number of rotatable bonds is 2. The number of nitrogens with zero attached hydrogens (tertiary/aromatic N) is 2. The molecule has 0 N–H and O–H groups in total. The number of ether oxygens (including phenoxy) is 1. The van der Waals surface area contributed by atoms with Crippen molar-refractivity contribution in [2.24, 2.45) is 0 Å². The molecular formula is C12H20N2O. The van der Waals surface area contributed by atoms with E-state index in [0.29, 0.717) is 6.10 Å². The standard InChI is InChI=1S/C12H20N2O/c1-15-11-5-4-6-12(9-11,10-13)14-7-2-3-8-14/h11H,2-9H2,1H3. The van der Waals surface area contributed by atoms with Crippen LogP contribution in [0.25, 0.3) is 0 Å². The van der Waals surface area contributed by atoms with Gasteiger partial charge in [-0.1, -0.05) is 0 Å². The third-order valence-electron chi connectivity index (χ3n) is 3.93. The Hall–Kier alpha value is -0.590. The van der Waals surface area contributed by atoms with Gasteiger partial charge in [0.2, 0.25) is 0 Å². The topological polar surface area (TPSA) is 36.3 Å². The monoisotopic (exact) mass is 208 g/mol. The van der Waals surface area contributed by atoms with Gasteiger partial charge in [-0.25, -0.2) is 0 Å². The van der Waals surface area contributed by atoms with E-state index >= 15 is 0 Å². The Morgan fingerprint density at radius 3 is 2.67 bits per heavy atom. The summed E-state index contributed by atoms with van der Waals surface area (Å²) in [5.41, 5.74) is -0.213. The molecule has 3 nitrogen and oxygen atoms in total. The van der Waals surface area contributed by atoms with Crippen LogP contribution in [0.4, 0.5) is 0 Å². The Morgan fingerprint density at radius 2 is 2.07 bits per heavy atom. The highest BCUT2D eigenvalue weighted by Gasteiger charge is 2.42. The van der Waals surface area contributed by atoms with Crippen LogP contribution in [0, 0.1) is 11.3 Å². The van der Waals surface area contributed by atoms with E-state index in [1.54, 1.807) is 7.11 Å². The molecule has 0 bridgehead atoms. The molecular weight excluding hydrogens is 188 g/mol. The molecule has 2 aliphatic rings. The predicted octanol–water partition coefficient (Wildman–Crippen LogP) is 1.93. The van der Waals surface area contributed by atoms with E-state index in [1.165, 1.54) is 12.8 Å². The van der Waals surface area contributed by atoms with Crippen LogP contribution in [0.2, 0.25) is 0 Å². The molecule has 1 heterocycles. The van der Waals surface area contributed by atoms with E-state index < -0.39 is 0 Å². The van der Waals surface area contributed by atoms with Crippen LogP contribution in [-0.4, -0.2) is 36.7 Å². The second-order valence-corrected chi connectivity index (χ2v) is 4.79. The zero-order chi connectivity index (χ0) is 10.7. The number of likely N-dealkylation sites (tertiary alicyclic amines) is 1. The Bertz CT molecular complexity index is 255. The largest absolute Gasteiger partial charge is 0.381 e. The van der Waals surface area contributed by atoms with Crippen molar-refractivity contribution in [1.82, 2.24) is 4.90 Å². The Labute approximate surface area is 92.0 Å². The van der Waals surface area contributed by atoms with Gasteiger partial charge >= 0.3 is 0 Å². The molecule has 0 amide bonds. The zero-order valence-electron chi connectivity index (χ0n) is 9.54. The van der Waals surface area contributed by atoms with Crippen molar-refractivity contribution in [3.05, 3.63) is 0 Å². The highest BCUT2D eigenvalue weighted by atomic mass is 16.5. The van der Waals surface area contributed by atoms with Crippen LogP contribution >= 0.6 is 0 Å². The molecule has 84 valence electrons. The van der Waals surface area contributed by atoms with Crippen molar-refractivity contribution in [1.29, 1.82) is 5.26 Å². The van der Waals surface area contributed by atoms with E-state index in [2.05, 4.69) is 11.0 Å². The van der Waals surface area contributed by atoms with E-state index in [1.807, 2.05) is 0 Å². The lowest BCUT2D eigenvalue weighted by molar-refractivity contribution is 0.00832. The number of hydrogen-bond acceptors (Lipinski definition) is 3. The summed E-state index contributed by atoms with van der Waals surface area (Å²) < 4.78 is 5.43. The molecule has 1 saturated heterocycles. The van der Waals surface area contributed by atoms with Gasteiger partial charge < -0.3 is 4.74 Å². The summed E-state index contributed by atoms with van der Waals surface area (Å²) in [5.74, 6) is 0. The SMILES string of the molecule is COC1CCCC(C#N)(N2CCCC2)C1. The van der Waals surface area contributed by atoms with Crippen molar-refractivity contribution in [3.63, 3.8) is 0 Å². The van der Waals surface area contributed by atoms with Crippen LogP contribution in [0.5, 0.6) is 0 Å². The molecule has 2 rings (SSSR count). The van der Waals surface area contributed by atoms with Crippen LogP contribution in [0.3, 0.4) is 0 Å². The second kappa shape index (κ2) is 4.51. The fourth-order valence-corrected chi connectivity index (χ4v) is 3.01. The van der Waals surface area contributed by atoms with Crippen molar-refractivity contribution in [2.75, 3.05) is 20.2 Å². The normalized spacial score (nSPS) is 37.7. The maximum Gasteiger partial charge on any atom is 0.111 e. The van der Waals surface area contributed by atoms with Gasteiger partial charge in [-0.15, -0.1) is 0 Å². The fourth-order valence-electron chi connectivity index (χ4n) is 3.01. The maximum absolute atomic E-state index is 9.47. The third kappa shape index (κ3) is 2.02. The molecule has 0 aromatic carbocycles. The van der Waals surface area contributed by atoms with Crippen molar-refractivity contribution in [2.45, 2.75) is 50.2 Å². The lowest BCUT2D eigenvalue weighted by Crippen LogP contribution is -2.50. The first-order chi connectivity index (χ1) is 7.30. The van der Waals surface area contributed by atoms with E-state index in [4.69, 9.17) is 4.74 Å². The molecule has 0 aromatic rings. The number of methoxy groups -OCH3 is 1. The minimum Gasteiger partial charge on any atom is -0.381 e. The summed E-state index contributed by atoms with van der Waals surface area (Å²) in [4.78, 5) is 2.39. The van der Waals surface area contributed by atoms with Crippen LogP contribution in [0.15, 0.2) is 0 Å². The molecule has 0 radical (unpaired) electrons. The van der Waals surface area contributed by atoms with Gasteiger partial charge in [0.1, 0.15) is 5.54 Å². The first-order valence-electron chi connectivity index (χ1n) is 6.00. The van der Waals surface area contributed by atoms with Crippen molar-refractivity contribution < 1.29 is 4.74 Å². The van der Waals surface area contributed by atoms with Gasteiger partial charge in [-0.3, -0.25) is 4.90 Å². The molecule has 2 fully saturated rings. The molecule has 2 atom stereocenters. The van der Waals surface area contributed by atoms with Gasteiger partial charge in [0.15, 0.2) is 0 Å². The van der Waals surface area contributed by atoms with Crippen LogP contribution < -0.4 is 0 Å². The minimum absolute atomic E-state index is 0.213. The fraction of sp³-hybridized carbons (Fsp3) is 0.917. The summed E-state index contributed by atoms with van der Waals surface area (Å²) >= 11 is 0.